The van der Waals surface area contributed by atoms with Gasteiger partial charge in [-0.25, -0.2) is 4.39 Å². The van der Waals surface area contributed by atoms with Gasteiger partial charge in [0.25, 0.3) is 5.91 Å². The molecule has 21 heavy (non-hydrogen) atoms. The van der Waals surface area contributed by atoms with E-state index in [2.05, 4.69) is 5.32 Å². The van der Waals surface area contributed by atoms with Gasteiger partial charge in [0, 0.05) is 5.56 Å². The first kappa shape index (κ1) is 15.2. The first-order valence-electron chi connectivity index (χ1n) is 6.71. The molecule has 2 aromatic carbocycles. The van der Waals surface area contributed by atoms with Gasteiger partial charge in [-0.1, -0.05) is 30.3 Å². The molecule has 0 heterocycles. The number of hydrogen-bond acceptors (Lipinski definition) is 2. The third kappa shape index (κ3) is 3.28. The average molecular weight is 287 g/mol. The Balaban J connectivity index is 2.26. The maximum atomic E-state index is 13.3. The maximum Gasteiger partial charge on any atom is 0.252 e. The highest BCUT2D eigenvalue weighted by molar-refractivity contribution is 5.95. The first-order valence-corrected chi connectivity index (χ1v) is 6.71. The molecule has 4 heteroatoms. The molecule has 0 saturated carbocycles. The van der Waals surface area contributed by atoms with E-state index in [9.17, 15) is 14.3 Å². The highest BCUT2D eigenvalue weighted by atomic mass is 19.1. The molecule has 0 spiro atoms. The third-order valence-electron chi connectivity index (χ3n) is 3.54. The molecule has 0 saturated heterocycles. The number of hydrogen-bond donors (Lipinski definition) is 2. The molecule has 0 radical (unpaired) electrons. The van der Waals surface area contributed by atoms with Gasteiger partial charge in [-0.15, -0.1) is 0 Å². The van der Waals surface area contributed by atoms with Crippen molar-refractivity contribution in [2.24, 2.45) is 0 Å². The van der Waals surface area contributed by atoms with Gasteiger partial charge < -0.3 is 10.4 Å². The van der Waals surface area contributed by atoms with Crippen LogP contribution in [0.1, 0.15) is 28.4 Å². The van der Waals surface area contributed by atoms with Gasteiger partial charge in [-0.2, -0.15) is 0 Å². The van der Waals surface area contributed by atoms with Gasteiger partial charge >= 0.3 is 0 Å². The number of aliphatic hydroxyl groups excluding tert-OH is 1. The van der Waals surface area contributed by atoms with Gasteiger partial charge in [-0.3, -0.25) is 4.79 Å². The molecule has 2 N–H and O–H groups in total. The first-order chi connectivity index (χ1) is 9.96. The van der Waals surface area contributed by atoms with Crippen LogP contribution in [0.5, 0.6) is 0 Å². The smallest absolute Gasteiger partial charge is 0.252 e. The van der Waals surface area contributed by atoms with E-state index in [0.717, 1.165) is 5.56 Å². The van der Waals surface area contributed by atoms with E-state index in [0.29, 0.717) is 11.1 Å². The van der Waals surface area contributed by atoms with Crippen LogP contribution >= 0.6 is 0 Å². The summed E-state index contributed by atoms with van der Waals surface area (Å²) in [6.07, 6.45) is 0. The molecule has 1 amide bonds. The Morgan fingerprint density at radius 3 is 2.48 bits per heavy atom. The lowest BCUT2D eigenvalue weighted by Gasteiger charge is -2.29. The Morgan fingerprint density at radius 2 is 1.90 bits per heavy atom. The molecule has 1 unspecified atom stereocenters. The molecule has 2 aromatic rings. The number of aryl methyl sites for hydroxylation is 1. The van der Waals surface area contributed by atoms with Crippen molar-refractivity contribution < 1.29 is 14.3 Å². The number of amides is 1. The highest BCUT2D eigenvalue weighted by Gasteiger charge is 2.28. The Bertz CT molecular complexity index is 642. The Hall–Kier alpha value is -2.20. The van der Waals surface area contributed by atoms with E-state index >= 15 is 0 Å². The molecular formula is C17H18FNO2. The van der Waals surface area contributed by atoms with E-state index in [-0.39, 0.29) is 18.3 Å². The minimum atomic E-state index is -0.888. The molecule has 0 aliphatic heterocycles. The number of aliphatic hydroxyl groups is 1. The van der Waals surface area contributed by atoms with E-state index in [4.69, 9.17) is 0 Å². The van der Waals surface area contributed by atoms with Crippen LogP contribution in [0.25, 0.3) is 0 Å². The summed E-state index contributed by atoms with van der Waals surface area (Å²) in [6.45, 7) is 3.12. The van der Waals surface area contributed by atoms with Gasteiger partial charge in [0.05, 0.1) is 12.1 Å². The van der Waals surface area contributed by atoms with Crippen LogP contribution in [0.2, 0.25) is 0 Å². The molecular weight excluding hydrogens is 269 g/mol. The third-order valence-corrected chi connectivity index (χ3v) is 3.54. The Labute approximate surface area is 123 Å². The predicted octanol–water partition coefficient (Wildman–Crippen LogP) is 2.77. The number of rotatable bonds is 4. The van der Waals surface area contributed by atoms with Crippen molar-refractivity contribution in [2.75, 3.05) is 6.61 Å². The zero-order chi connectivity index (χ0) is 15.5. The second kappa shape index (κ2) is 6.06. The molecule has 0 bridgehead atoms. The average Bonchev–Trinajstić information content (AvgIpc) is 2.50. The van der Waals surface area contributed by atoms with Crippen LogP contribution < -0.4 is 5.32 Å². The fourth-order valence-corrected chi connectivity index (χ4v) is 2.12. The molecule has 0 aliphatic carbocycles. The quantitative estimate of drug-likeness (QED) is 0.908. The summed E-state index contributed by atoms with van der Waals surface area (Å²) in [5.41, 5.74) is 0.693. The summed E-state index contributed by atoms with van der Waals surface area (Å²) < 4.78 is 13.3. The molecule has 3 nitrogen and oxygen atoms in total. The minimum Gasteiger partial charge on any atom is -0.394 e. The standard InChI is InChI=1S/C17H18FNO2/c1-12-10-13(8-9-15(12)18)16(21)19-17(2,11-20)14-6-4-3-5-7-14/h3-10,20H,11H2,1-2H3,(H,19,21). The lowest BCUT2D eigenvalue weighted by atomic mass is 9.92. The normalized spacial score (nSPS) is 13.5. The second-order valence-corrected chi connectivity index (χ2v) is 5.27. The van der Waals surface area contributed by atoms with Crippen LogP contribution in [-0.4, -0.2) is 17.6 Å². The van der Waals surface area contributed by atoms with E-state index in [1.807, 2.05) is 30.3 Å². The summed E-state index contributed by atoms with van der Waals surface area (Å²) in [5.74, 6) is -0.696. The maximum absolute atomic E-state index is 13.3. The minimum absolute atomic E-state index is 0.233. The van der Waals surface area contributed by atoms with Crippen LogP contribution in [-0.2, 0) is 5.54 Å². The van der Waals surface area contributed by atoms with E-state index < -0.39 is 5.54 Å². The molecule has 0 aromatic heterocycles. The zero-order valence-electron chi connectivity index (χ0n) is 12.1. The summed E-state index contributed by atoms with van der Waals surface area (Å²) in [6, 6.07) is 13.4. The fraction of sp³-hybridized carbons (Fsp3) is 0.235. The number of carbonyl (C=O) groups excluding carboxylic acids is 1. The Kier molecular flexibility index (Phi) is 4.38. The number of carbonyl (C=O) groups is 1. The highest BCUT2D eigenvalue weighted by Crippen LogP contribution is 2.21. The number of benzene rings is 2. The van der Waals surface area contributed by atoms with E-state index in [1.54, 1.807) is 13.8 Å². The van der Waals surface area contributed by atoms with Crippen LogP contribution in [0, 0.1) is 12.7 Å². The largest absolute Gasteiger partial charge is 0.394 e. The molecule has 110 valence electrons. The summed E-state index contributed by atoms with van der Waals surface area (Å²) in [7, 11) is 0. The van der Waals surface area contributed by atoms with Crippen molar-refractivity contribution in [3.63, 3.8) is 0 Å². The summed E-state index contributed by atoms with van der Waals surface area (Å²) in [4.78, 5) is 12.3. The van der Waals surface area contributed by atoms with Crippen molar-refractivity contribution in [2.45, 2.75) is 19.4 Å². The molecule has 2 rings (SSSR count). The molecule has 0 fully saturated rings. The molecule has 0 aliphatic rings. The fourth-order valence-electron chi connectivity index (χ4n) is 2.12. The molecule has 1 atom stereocenters. The van der Waals surface area contributed by atoms with Gasteiger partial charge in [0.15, 0.2) is 0 Å². The van der Waals surface area contributed by atoms with Gasteiger partial charge in [0.1, 0.15) is 5.82 Å². The van der Waals surface area contributed by atoms with Gasteiger partial charge in [0.2, 0.25) is 0 Å². The Morgan fingerprint density at radius 1 is 1.24 bits per heavy atom. The van der Waals surface area contributed by atoms with Crippen molar-refractivity contribution >= 4 is 5.91 Å². The van der Waals surface area contributed by atoms with Crippen LogP contribution in [0.4, 0.5) is 4.39 Å². The SMILES string of the molecule is Cc1cc(C(=O)NC(C)(CO)c2ccccc2)ccc1F. The topological polar surface area (TPSA) is 49.3 Å². The van der Waals surface area contributed by atoms with E-state index in [1.165, 1.54) is 18.2 Å². The van der Waals surface area contributed by atoms with Crippen molar-refractivity contribution in [1.29, 1.82) is 0 Å². The summed E-state index contributed by atoms with van der Waals surface area (Å²) >= 11 is 0. The van der Waals surface area contributed by atoms with Crippen molar-refractivity contribution in [1.82, 2.24) is 5.32 Å². The van der Waals surface area contributed by atoms with Gasteiger partial charge in [-0.05, 0) is 43.2 Å². The van der Waals surface area contributed by atoms with Crippen LogP contribution in [0.15, 0.2) is 48.5 Å². The number of nitrogens with one attached hydrogen (secondary N) is 1. The number of halogens is 1. The lowest BCUT2D eigenvalue weighted by molar-refractivity contribution is 0.0849. The van der Waals surface area contributed by atoms with Crippen molar-refractivity contribution in [3.05, 3.63) is 71.0 Å². The second-order valence-electron chi connectivity index (χ2n) is 5.27. The van der Waals surface area contributed by atoms with Crippen LogP contribution in [0.3, 0.4) is 0 Å². The van der Waals surface area contributed by atoms with Crippen molar-refractivity contribution in [3.8, 4) is 0 Å². The zero-order valence-corrected chi connectivity index (χ0v) is 12.1. The predicted molar refractivity (Wildman–Crippen MR) is 79.5 cm³/mol. The summed E-state index contributed by atoms with van der Waals surface area (Å²) in [5, 5.41) is 12.5. The monoisotopic (exact) mass is 287 g/mol. The lowest BCUT2D eigenvalue weighted by Crippen LogP contribution is -2.46.